The normalized spacial score (nSPS) is 15.0. The van der Waals surface area contributed by atoms with Crippen LogP contribution in [0.2, 0.25) is 0 Å². The van der Waals surface area contributed by atoms with Crippen LogP contribution >= 0.6 is 0 Å². The Balaban J connectivity index is 2.36. The van der Waals surface area contributed by atoms with Gasteiger partial charge in [0, 0.05) is 20.4 Å². The molecule has 1 heterocycles. The van der Waals surface area contributed by atoms with Gasteiger partial charge in [0.15, 0.2) is 0 Å². The van der Waals surface area contributed by atoms with Gasteiger partial charge in [0.05, 0.1) is 18.4 Å². The lowest BCUT2D eigenvalue weighted by atomic mass is 10.0. The van der Waals surface area contributed by atoms with Gasteiger partial charge in [0.1, 0.15) is 0 Å². The van der Waals surface area contributed by atoms with Gasteiger partial charge in [-0.2, -0.15) is 5.10 Å². The first kappa shape index (κ1) is 13.2. The number of ether oxygens (including phenoxy) is 1. The van der Waals surface area contributed by atoms with Crippen molar-refractivity contribution < 1.29 is 9.84 Å². The average Bonchev–Trinajstić information content (AvgIpc) is 2.68. The summed E-state index contributed by atoms with van der Waals surface area (Å²) in [5.74, 6) is 0. The minimum atomic E-state index is -0.384. The molecule has 0 aliphatic rings. The lowest BCUT2D eigenvalue weighted by Gasteiger charge is -2.20. The molecule has 0 aliphatic heterocycles. The molecular formula is C12H22N2O2. The summed E-state index contributed by atoms with van der Waals surface area (Å²) < 4.78 is 7.05. The highest BCUT2D eigenvalue weighted by Gasteiger charge is 2.17. The molecule has 4 heteroatoms. The molecule has 0 fully saturated rings. The van der Waals surface area contributed by atoms with Gasteiger partial charge in [-0.1, -0.05) is 13.3 Å². The van der Waals surface area contributed by atoms with Crippen LogP contribution in [0.25, 0.3) is 0 Å². The molecule has 1 aromatic rings. The van der Waals surface area contributed by atoms with E-state index in [4.69, 9.17) is 4.74 Å². The van der Waals surface area contributed by atoms with Crippen LogP contribution in [0, 0.1) is 0 Å². The topological polar surface area (TPSA) is 47.3 Å². The molecule has 92 valence electrons. The summed E-state index contributed by atoms with van der Waals surface area (Å²) in [6, 6.07) is 0. The molecule has 0 bridgehead atoms. The number of aromatic nitrogens is 2. The maximum absolute atomic E-state index is 9.96. The summed E-state index contributed by atoms with van der Waals surface area (Å²) in [6.07, 6.45) is 6.91. The summed E-state index contributed by atoms with van der Waals surface area (Å²) in [5.41, 5.74) is 1.16. The average molecular weight is 226 g/mol. The molecule has 1 N–H and O–H groups in total. The molecule has 2 atom stereocenters. The first-order valence-electron chi connectivity index (χ1n) is 5.85. The molecule has 1 rings (SSSR count). The van der Waals surface area contributed by atoms with Crippen LogP contribution in [0.3, 0.4) is 0 Å². The predicted molar refractivity (Wildman–Crippen MR) is 63.2 cm³/mol. The first-order valence-corrected chi connectivity index (χ1v) is 5.85. The lowest BCUT2D eigenvalue weighted by molar-refractivity contribution is -0.0199. The van der Waals surface area contributed by atoms with E-state index in [0.29, 0.717) is 0 Å². The highest BCUT2D eigenvalue weighted by atomic mass is 16.5. The third-order valence-corrected chi connectivity index (χ3v) is 2.79. The van der Waals surface area contributed by atoms with Crippen molar-refractivity contribution in [3.63, 3.8) is 0 Å². The van der Waals surface area contributed by atoms with Gasteiger partial charge < -0.3 is 9.84 Å². The molecule has 1 aromatic heterocycles. The second kappa shape index (κ2) is 6.66. The van der Waals surface area contributed by atoms with Crippen LogP contribution in [0.15, 0.2) is 12.4 Å². The van der Waals surface area contributed by atoms with E-state index < -0.39 is 0 Å². The van der Waals surface area contributed by atoms with E-state index in [0.717, 1.165) is 31.2 Å². The zero-order chi connectivity index (χ0) is 12.0. The summed E-state index contributed by atoms with van der Waals surface area (Å²) in [4.78, 5) is 0. The Labute approximate surface area is 97.2 Å². The number of nitrogens with zero attached hydrogens (tertiary/aromatic N) is 2. The third-order valence-electron chi connectivity index (χ3n) is 2.79. The van der Waals surface area contributed by atoms with Gasteiger partial charge in [-0.3, -0.25) is 4.68 Å². The van der Waals surface area contributed by atoms with Crippen molar-refractivity contribution in [3.05, 3.63) is 18.0 Å². The largest absolute Gasteiger partial charge is 0.390 e. The van der Waals surface area contributed by atoms with E-state index in [1.165, 1.54) is 0 Å². The van der Waals surface area contributed by atoms with Crippen molar-refractivity contribution in [2.45, 2.75) is 44.8 Å². The fourth-order valence-electron chi connectivity index (χ4n) is 1.85. The lowest BCUT2D eigenvalue weighted by Crippen LogP contribution is -2.28. The van der Waals surface area contributed by atoms with Gasteiger partial charge in [0.25, 0.3) is 0 Å². The van der Waals surface area contributed by atoms with Crippen LogP contribution in [0.5, 0.6) is 0 Å². The molecule has 0 spiro atoms. The van der Waals surface area contributed by atoms with Crippen molar-refractivity contribution in [1.29, 1.82) is 0 Å². The van der Waals surface area contributed by atoms with Crippen molar-refractivity contribution in [1.82, 2.24) is 9.78 Å². The molecular weight excluding hydrogens is 204 g/mol. The standard InChI is InChI=1S/C12H22N2O2/c1-4-5-12(16-3)11(15)7-6-10-8-13-14(2)9-10/h8-9,11-12,15H,4-7H2,1-3H3. The van der Waals surface area contributed by atoms with Crippen molar-refractivity contribution in [3.8, 4) is 0 Å². The fourth-order valence-corrected chi connectivity index (χ4v) is 1.85. The summed E-state index contributed by atoms with van der Waals surface area (Å²) in [6.45, 7) is 2.10. The van der Waals surface area contributed by atoms with Crippen LogP contribution in [0.4, 0.5) is 0 Å². The van der Waals surface area contributed by atoms with Crippen LogP contribution in [-0.2, 0) is 18.2 Å². The van der Waals surface area contributed by atoms with Gasteiger partial charge >= 0.3 is 0 Å². The van der Waals surface area contributed by atoms with Gasteiger partial charge in [-0.25, -0.2) is 0 Å². The fraction of sp³-hybridized carbons (Fsp3) is 0.750. The Morgan fingerprint density at radius 2 is 2.25 bits per heavy atom. The Morgan fingerprint density at radius 1 is 1.50 bits per heavy atom. The summed E-state index contributed by atoms with van der Waals surface area (Å²) in [7, 11) is 3.56. The molecule has 0 aliphatic carbocycles. The smallest absolute Gasteiger partial charge is 0.0830 e. The van der Waals surface area contributed by atoms with E-state index in [1.807, 2.05) is 19.4 Å². The third kappa shape index (κ3) is 3.94. The monoisotopic (exact) mass is 226 g/mol. The predicted octanol–water partition coefficient (Wildman–Crippen LogP) is 1.53. The number of aliphatic hydroxyl groups is 1. The summed E-state index contributed by atoms with van der Waals surface area (Å²) >= 11 is 0. The maximum Gasteiger partial charge on any atom is 0.0830 e. The van der Waals surface area contributed by atoms with E-state index in [2.05, 4.69) is 12.0 Å². The Morgan fingerprint density at radius 3 is 2.75 bits per heavy atom. The second-order valence-corrected chi connectivity index (χ2v) is 4.19. The van der Waals surface area contributed by atoms with Crippen LogP contribution in [0.1, 0.15) is 31.7 Å². The number of aliphatic hydroxyl groups excluding tert-OH is 1. The number of aryl methyl sites for hydroxylation is 2. The minimum Gasteiger partial charge on any atom is -0.390 e. The molecule has 0 amide bonds. The van der Waals surface area contributed by atoms with Crippen molar-refractivity contribution in [2.75, 3.05) is 7.11 Å². The molecule has 0 radical (unpaired) electrons. The minimum absolute atomic E-state index is 0.0401. The van der Waals surface area contributed by atoms with E-state index in [9.17, 15) is 5.11 Å². The zero-order valence-corrected chi connectivity index (χ0v) is 10.4. The number of rotatable bonds is 7. The van der Waals surface area contributed by atoms with Crippen molar-refractivity contribution in [2.24, 2.45) is 7.05 Å². The molecule has 0 aromatic carbocycles. The number of hydrogen-bond acceptors (Lipinski definition) is 3. The highest BCUT2D eigenvalue weighted by molar-refractivity contribution is 5.03. The van der Waals surface area contributed by atoms with Crippen LogP contribution in [-0.4, -0.2) is 34.2 Å². The Kier molecular flexibility index (Phi) is 5.49. The summed E-state index contributed by atoms with van der Waals surface area (Å²) in [5, 5.41) is 14.1. The van der Waals surface area contributed by atoms with Gasteiger partial charge in [-0.15, -0.1) is 0 Å². The zero-order valence-electron chi connectivity index (χ0n) is 10.4. The van der Waals surface area contributed by atoms with E-state index >= 15 is 0 Å². The maximum atomic E-state index is 9.96. The van der Waals surface area contributed by atoms with Crippen molar-refractivity contribution >= 4 is 0 Å². The quantitative estimate of drug-likeness (QED) is 0.767. The SMILES string of the molecule is CCCC(OC)C(O)CCc1cnn(C)c1. The Bertz CT molecular complexity index is 299. The Hall–Kier alpha value is -0.870. The van der Waals surface area contributed by atoms with Gasteiger partial charge in [-0.05, 0) is 24.8 Å². The molecule has 4 nitrogen and oxygen atoms in total. The van der Waals surface area contributed by atoms with E-state index in [-0.39, 0.29) is 12.2 Å². The molecule has 2 unspecified atom stereocenters. The van der Waals surface area contributed by atoms with Crippen LogP contribution < -0.4 is 0 Å². The molecule has 0 saturated carbocycles. The number of methoxy groups -OCH3 is 1. The second-order valence-electron chi connectivity index (χ2n) is 4.19. The molecule has 0 saturated heterocycles. The van der Waals surface area contributed by atoms with Gasteiger partial charge in [0.2, 0.25) is 0 Å². The first-order chi connectivity index (χ1) is 7.67. The van der Waals surface area contributed by atoms with E-state index in [1.54, 1.807) is 11.8 Å². The molecule has 16 heavy (non-hydrogen) atoms. The highest BCUT2D eigenvalue weighted by Crippen LogP contribution is 2.12. The number of hydrogen-bond donors (Lipinski definition) is 1.